The molecule has 4 aromatic rings. The Labute approximate surface area is 165 Å². The Morgan fingerprint density at radius 3 is 2.66 bits per heavy atom. The lowest BCUT2D eigenvalue weighted by molar-refractivity contribution is 0.102. The summed E-state index contributed by atoms with van der Waals surface area (Å²) in [6.07, 6.45) is 0. The third kappa shape index (κ3) is 3.75. The highest BCUT2D eigenvalue weighted by Gasteiger charge is 2.15. The third-order valence-electron chi connectivity index (χ3n) is 4.37. The Hall–Kier alpha value is -3.87. The first-order chi connectivity index (χ1) is 14.1. The van der Waals surface area contributed by atoms with Crippen LogP contribution in [0.15, 0.2) is 65.1 Å². The molecule has 6 nitrogen and oxygen atoms in total. The lowest BCUT2D eigenvalue weighted by Gasteiger charge is -2.10. The second-order valence-electron chi connectivity index (χ2n) is 6.23. The number of fused-ring (bicyclic) bond motifs is 1. The zero-order valence-electron chi connectivity index (χ0n) is 15.7. The minimum absolute atomic E-state index is 0.305. The van der Waals surface area contributed by atoms with E-state index in [1.54, 1.807) is 55.6 Å². The third-order valence-corrected chi connectivity index (χ3v) is 4.37. The molecule has 0 saturated carbocycles. The van der Waals surface area contributed by atoms with E-state index in [1.807, 2.05) is 0 Å². The van der Waals surface area contributed by atoms with E-state index in [4.69, 9.17) is 13.9 Å². The number of halogens is 1. The smallest absolute Gasteiger partial charge is 0.259 e. The average Bonchev–Trinajstić information content (AvgIpc) is 3.16. The van der Waals surface area contributed by atoms with Gasteiger partial charge in [-0.3, -0.25) is 4.79 Å². The molecule has 1 heterocycles. The molecule has 0 unspecified atom stereocenters. The molecule has 0 spiro atoms. The number of carbonyl (C=O) groups is 1. The van der Waals surface area contributed by atoms with Crippen molar-refractivity contribution in [2.24, 2.45) is 0 Å². The van der Waals surface area contributed by atoms with Crippen LogP contribution in [0.25, 0.3) is 22.6 Å². The minimum Gasteiger partial charge on any atom is -0.497 e. The van der Waals surface area contributed by atoms with Crippen LogP contribution in [0.5, 0.6) is 11.5 Å². The Morgan fingerprint density at radius 2 is 1.90 bits per heavy atom. The largest absolute Gasteiger partial charge is 0.497 e. The first-order valence-corrected chi connectivity index (χ1v) is 8.77. The van der Waals surface area contributed by atoms with Crippen molar-refractivity contribution in [3.8, 4) is 23.0 Å². The molecule has 1 N–H and O–H groups in total. The Morgan fingerprint density at radius 1 is 1.03 bits per heavy atom. The number of oxazole rings is 1. The summed E-state index contributed by atoms with van der Waals surface area (Å²) < 4.78 is 29.6. The SMILES string of the molecule is COc1ccc(C(=O)Nc2ccc3oc(-c4cccc(F)c4)nc3c2)c(OC)c1. The molecular formula is C22H17FN2O4. The number of methoxy groups -OCH3 is 2. The van der Waals surface area contributed by atoms with Gasteiger partial charge in [0.2, 0.25) is 5.89 Å². The van der Waals surface area contributed by atoms with Crippen molar-refractivity contribution in [3.63, 3.8) is 0 Å². The number of nitrogens with one attached hydrogen (secondary N) is 1. The normalized spacial score (nSPS) is 10.7. The van der Waals surface area contributed by atoms with Crippen molar-refractivity contribution in [2.45, 2.75) is 0 Å². The van der Waals surface area contributed by atoms with Gasteiger partial charge in [0, 0.05) is 17.3 Å². The maximum Gasteiger partial charge on any atom is 0.259 e. The van der Waals surface area contributed by atoms with Crippen LogP contribution in [0.3, 0.4) is 0 Å². The molecule has 0 bridgehead atoms. The fourth-order valence-corrected chi connectivity index (χ4v) is 2.93. The quantitative estimate of drug-likeness (QED) is 0.523. The zero-order valence-corrected chi connectivity index (χ0v) is 15.7. The molecule has 7 heteroatoms. The number of anilines is 1. The number of amides is 1. The van der Waals surface area contributed by atoms with Crippen molar-refractivity contribution in [1.29, 1.82) is 0 Å². The Kier molecular flexibility index (Phi) is 4.87. The highest BCUT2D eigenvalue weighted by molar-refractivity contribution is 6.06. The summed E-state index contributed by atoms with van der Waals surface area (Å²) >= 11 is 0. The monoisotopic (exact) mass is 392 g/mol. The first-order valence-electron chi connectivity index (χ1n) is 8.77. The van der Waals surface area contributed by atoms with E-state index < -0.39 is 0 Å². The summed E-state index contributed by atoms with van der Waals surface area (Å²) in [4.78, 5) is 17.1. The molecule has 3 aromatic carbocycles. The summed E-state index contributed by atoms with van der Waals surface area (Å²) in [5, 5.41) is 2.82. The van der Waals surface area contributed by atoms with Gasteiger partial charge in [0.05, 0.1) is 19.8 Å². The van der Waals surface area contributed by atoms with Crippen LogP contribution in [0.4, 0.5) is 10.1 Å². The van der Waals surface area contributed by atoms with Crippen molar-refractivity contribution in [3.05, 3.63) is 72.0 Å². The van der Waals surface area contributed by atoms with Crippen LogP contribution < -0.4 is 14.8 Å². The average molecular weight is 392 g/mol. The molecule has 0 saturated heterocycles. The molecule has 0 aliphatic rings. The molecule has 1 amide bonds. The van der Waals surface area contributed by atoms with Gasteiger partial charge in [-0.2, -0.15) is 0 Å². The van der Waals surface area contributed by atoms with Gasteiger partial charge in [0.15, 0.2) is 5.58 Å². The van der Waals surface area contributed by atoms with Crippen LogP contribution in [0.2, 0.25) is 0 Å². The molecule has 1 aromatic heterocycles. The zero-order chi connectivity index (χ0) is 20.4. The number of aromatic nitrogens is 1. The van der Waals surface area contributed by atoms with Gasteiger partial charge in [0.1, 0.15) is 22.8 Å². The Balaban J connectivity index is 1.61. The van der Waals surface area contributed by atoms with Gasteiger partial charge < -0.3 is 19.2 Å². The summed E-state index contributed by atoms with van der Waals surface area (Å²) in [6.45, 7) is 0. The summed E-state index contributed by atoms with van der Waals surface area (Å²) in [5.41, 5.74) is 2.52. The molecule has 0 fully saturated rings. The van der Waals surface area contributed by atoms with E-state index in [9.17, 15) is 9.18 Å². The summed E-state index contributed by atoms with van der Waals surface area (Å²) in [7, 11) is 3.03. The first kappa shape index (κ1) is 18.5. The molecule has 0 atom stereocenters. The predicted octanol–water partition coefficient (Wildman–Crippen LogP) is 4.90. The number of hydrogen-bond donors (Lipinski definition) is 1. The van der Waals surface area contributed by atoms with E-state index >= 15 is 0 Å². The van der Waals surface area contributed by atoms with Crippen LogP contribution in [0, 0.1) is 5.82 Å². The molecule has 29 heavy (non-hydrogen) atoms. The molecule has 4 rings (SSSR count). The van der Waals surface area contributed by atoms with Gasteiger partial charge in [-0.05, 0) is 48.5 Å². The number of benzene rings is 3. The summed E-state index contributed by atoms with van der Waals surface area (Å²) in [5.74, 6) is 0.591. The van der Waals surface area contributed by atoms with Gasteiger partial charge >= 0.3 is 0 Å². The lowest BCUT2D eigenvalue weighted by Crippen LogP contribution is -2.13. The molecular weight excluding hydrogens is 375 g/mol. The van der Waals surface area contributed by atoms with Crippen molar-refractivity contribution >= 4 is 22.7 Å². The number of nitrogens with zero attached hydrogens (tertiary/aromatic N) is 1. The summed E-state index contributed by atoms with van der Waals surface area (Å²) in [6, 6.07) is 16.1. The number of carbonyl (C=O) groups excluding carboxylic acids is 1. The fraction of sp³-hybridized carbons (Fsp3) is 0.0909. The van der Waals surface area contributed by atoms with Crippen LogP contribution in [-0.4, -0.2) is 25.1 Å². The molecule has 0 aliphatic heterocycles. The molecule has 0 aliphatic carbocycles. The highest BCUT2D eigenvalue weighted by Crippen LogP contribution is 2.28. The topological polar surface area (TPSA) is 73.6 Å². The lowest BCUT2D eigenvalue weighted by atomic mass is 10.1. The number of rotatable bonds is 5. The highest BCUT2D eigenvalue weighted by atomic mass is 19.1. The van der Waals surface area contributed by atoms with Gasteiger partial charge in [-0.15, -0.1) is 0 Å². The van der Waals surface area contributed by atoms with E-state index in [0.717, 1.165) is 0 Å². The van der Waals surface area contributed by atoms with Crippen molar-refractivity contribution in [1.82, 2.24) is 4.98 Å². The minimum atomic E-state index is -0.369. The predicted molar refractivity (Wildman–Crippen MR) is 107 cm³/mol. The fourth-order valence-electron chi connectivity index (χ4n) is 2.93. The van der Waals surface area contributed by atoms with E-state index in [-0.39, 0.29) is 11.7 Å². The van der Waals surface area contributed by atoms with Crippen molar-refractivity contribution < 1.29 is 23.1 Å². The van der Waals surface area contributed by atoms with Crippen LogP contribution >= 0.6 is 0 Å². The second-order valence-corrected chi connectivity index (χ2v) is 6.23. The molecule has 0 radical (unpaired) electrons. The second kappa shape index (κ2) is 7.63. The van der Waals surface area contributed by atoms with Crippen molar-refractivity contribution in [2.75, 3.05) is 19.5 Å². The standard InChI is InChI=1S/C22H17FN2O4/c1-27-16-7-8-17(20(12-16)28-2)21(26)24-15-6-9-19-18(11-15)25-22(29-19)13-4-3-5-14(23)10-13/h3-12H,1-2H3,(H,24,26). The van der Waals surface area contributed by atoms with Gasteiger partial charge in [0.25, 0.3) is 5.91 Å². The maximum absolute atomic E-state index is 13.5. The van der Waals surface area contributed by atoms with Gasteiger partial charge in [-0.25, -0.2) is 9.37 Å². The molecule has 146 valence electrons. The van der Waals surface area contributed by atoms with Crippen LogP contribution in [-0.2, 0) is 0 Å². The van der Waals surface area contributed by atoms with E-state index in [0.29, 0.717) is 45.3 Å². The maximum atomic E-state index is 13.5. The van der Waals surface area contributed by atoms with E-state index in [2.05, 4.69) is 10.3 Å². The number of hydrogen-bond acceptors (Lipinski definition) is 5. The number of ether oxygens (including phenoxy) is 2. The Bertz CT molecular complexity index is 1200. The van der Waals surface area contributed by atoms with Gasteiger partial charge in [-0.1, -0.05) is 6.07 Å². The van der Waals surface area contributed by atoms with Crippen LogP contribution in [0.1, 0.15) is 10.4 Å². The van der Waals surface area contributed by atoms with E-state index in [1.165, 1.54) is 19.2 Å².